The molecule has 0 amide bonds. The minimum Gasteiger partial charge on any atom is -0.284 e. The van der Waals surface area contributed by atoms with Gasteiger partial charge in [-0.2, -0.15) is 0 Å². The van der Waals surface area contributed by atoms with Gasteiger partial charge in [-0.1, -0.05) is 30.3 Å². The van der Waals surface area contributed by atoms with Crippen LogP contribution in [0, 0.1) is 0 Å². The highest BCUT2D eigenvalue weighted by atomic mass is 14.8. The zero-order valence-corrected chi connectivity index (χ0v) is 11.3. The van der Waals surface area contributed by atoms with E-state index in [1.165, 1.54) is 33.5 Å². The molecule has 0 unspecified atom stereocenters. The Hall–Kier alpha value is -2.22. The van der Waals surface area contributed by atoms with Crippen LogP contribution in [0.15, 0.2) is 59.4 Å². The fourth-order valence-electron chi connectivity index (χ4n) is 3.21. The van der Waals surface area contributed by atoms with Crippen LogP contribution in [0.2, 0.25) is 0 Å². The molecule has 1 aromatic heterocycles. The maximum atomic E-state index is 4.79. The first-order valence-corrected chi connectivity index (χ1v) is 7.19. The van der Waals surface area contributed by atoms with Gasteiger partial charge in [0.15, 0.2) is 0 Å². The number of pyridine rings is 1. The summed E-state index contributed by atoms with van der Waals surface area (Å²) in [6.45, 7) is 0.940. The maximum absolute atomic E-state index is 4.79. The number of allylic oxidation sites excluding steroid dienone is 2. The molecule has 1 aliphatic carbocycles. The van der Waals surface area contributed by atoms with Crippen molar-refractivity contribution in [2.45, 2.75) is 19.3 Å². The van der Waals surface area contributed by atoms with Crippen LogP contribution in [0.5, 0.6) is 0 Å². The van der Waals surface area contributed by atoms with Gasteiger partial charge in [0.05, 0.1) is 5.71 Å². The van der Waals surface area contributed by atoms with Crippen LogP contribution in [-0.4, -0.2) is 17.2 Å². The molecule has 20 heavy (non-hydrogen) atoms. The molecule has 1 aliphatic heterocycles. The summed E-state index contributed by atoms with van der Waals surface area (Å²) in [5, 5.41) is 0. The van der Waals surface area contributed by atoms with Crippen LogP contribution in [0.4, 0.5) is 0 Å². The van der Waals surface area contributed by atoms with Crippen LogP contribution in [0.25, 0.3) is 5.57 Å². The second kappa shape index (κ2) is 4.71. The van der Waals surface area contributed by atoms with Gasteiger partial charge in [0.2, 0.25) is 0 Å². The van der Waals surface area contributed by atoms with Gasteiger partial charge < -0.3 is 0 Å². The minimum absolute atomic E-state index is 0.940. The molecule has 0 spiro atoms. The van der Waals surface area contributed by atoms with Crippen molar-refractivity contribution in [1.29, 1.82) is 0 Å². The van der Waals surface area contributed by atoms with Gasteiger partial charge in [-0.15, -0.1) is 0 Å². The van der Waals surface area contributed by atoms with Crippen molar-refractivity contribution in [2.24, 2.45) is 4.99 Å². The van der Waals surface area contributed by atoms with Crippen molar-refractivity contribution in [1.82, 2.24) is 4.98 Å². The normalized spacial score (nSPS) is 17.3. The van der Waals surface area contributed by atoms with Gasteiger partial charge in [-0.05, 0) is 47.6 Å². The Labute approximate surface area is 118 Å². The highest BCUT2D eigenvalue weighted by molar-refractivity contribution is 6.19. The van der Waals surface area contributed by atoms with Crippen molar-refractivity contribution in [3.05, 3.63) is 71.1 Å². The topological polar surface area (TPSA) is 25.2 Å². The molecule has 0 bridgehead atoms. The van der Waals surface area contributed by atoms with Crippen molar-refractivity contribution in [3.63, 3.8) is 0 Å². The van der Waals surface area contributed by atoms with E-state index in [1.54, 1.807) is 0 Å². The zero-order chi connectivity index (χ0) is 13.4. The van der Waals surface area contributed by atoms with Gasteiger partial charge in [0.25, 0.3) is 0 Å². The standard InChI is InChI=1S/C18H16N2/c1-2-5-13(6-3-1)16-11-14-8-10-19-12-17(14)18-15(16)7-4-9-20-18/h1-3,5-6,8,10,12H,4,7,9,11H2. The Morgan fingerprint density at radius 1 is 0.950 bits per heavy atom. The van der Waals surface area contributed by atoms with Crippen molar-refractivity contribution >= 4 is 11.3 Å². The smallest absolute Gasteiger partial charge is 0.0700 e. The van der Waals surface area contributed by atoms with Gasteiger partial charge >= 0.3 is 0 Å². The average molecular weight is 260 g/mol. The summed E-state index contributed by atoms with van der Waals surface area (Å²) in [4.78, 5) is 9.07. The molecule has 4 rings (SSSR count). The number of hydrogen-bond acceptors (Lipinski definition) is 2. The summed E-state index contributed by atoms with van der Waals surface area (Å²) in [5.41, 5.74) is 7.99. The summed E-state index contributed by atoms with van der Waals surface area (Å²) in [6.07, 6.45) is 7.15. The van der Waals surface area contributed by atoms with E-state index < -0.39 is 0 Å². The van der Waals surface area contributed by atoms with Gasteiger partial charge in [-0.3, -0.25) is 9.98 Å². The number of fused-ring (bicyclic) bond motifs is 3. The number of aliphatic imine (C=N–C) groups is 1. The molecule has 2 aliphatic rings. The third-order valence-electron chi connectivity index (χ3n) is 4.16. The van der Waals surface area contributed by atoms with E-state index in [2.05, 4.69) is 41.4 Å². The molecule has 0 fully saturated rings. The summed E-state index contributed by atoms with van der Waals surface area (Å²) in [6, 6.07) is 12.9. The lowest BCUT2D eigenvalue weighted by atomic mass is 9.80. The van der Waals surface area contributed by atoms with Crippen molar-refractivity contribution in [2.75, 3.05) is 6.54 Å². The van der Waals surface area contributed by atoms with Crippen LogP contribution < -0.4 is 0 Å². The summed E-state index contributed by atoms with van der Waals surface area (Å²) >= 11 is 0. The number of nitrogens with zero attached hydrogens (tertiary/aromatic N) is 2. The van der Waals surface area contributed by atoms with Crippen LogP contribution in [0.3, 0.4) is 0 Å². The zero-order valence-electron chi connectivity index (χ0n) is 11.3. The molecular weight excluding hydrogens is 244 g/mol. The Morgan fingerprint density at radius 3 is 2.75 bits per heavy atom. The lowest BCUT2D eigenvalue weighted by Gasteiger charge is -2.27. The van der Waals surface area contributed by atoms with Crippen molar-refractivity contribution in [3.8, 4) is 0 Å². The van der Waals surface area contributed by atoms with E-state index in [4.69, 9.17) is 4.99 Å². The van der Waals surface area contributed by atoms with Crippen LogP contribution in [-0.2, 0) is 6.42 Å². The highest BCUT2D eigenvalue weighted by Crippen LogP contribution is 2.36. The Morgan fingerprint density at radius 2 is 1.85 bits per heavy atom. The third-order valence-corrected chi connectivity index (χ3v) is 4.16. The van der Waals surface area contributed by atoms with E-state index in [0.717, 1.165) is 25.8 Å². The van der Waals surface area contributed by atoms with E-state index in [1.807, 2.05) is 12.4 Å². The second-order valence-electron chi connectivity index (χ2n) is 5.37. The Bertz CT molecular complexity index is 711. The molecule has 0 atom stereocenters. The Kier molecular flexibility index (Phi) is 2.73. The van der Waals surface area contributed by atoms with Gasteiger partial charge in [0, 0.05) is 24.5 Å². The van der Waals surface area contributed by atoms with Crippen LogP contribution >= 0.6 is 0 Å². The molecule has 0 N–H and O–H groups in total. The molecule has 0 radical (unpaired) electrons. The molecule has 2 aromatic rings. The fourth-order valence-corrected chi connectivity index (χ4v) is 3.21. The molecule has 2 nitrogen and oxygen atoms in total. The summed E-state index contributed by atoms with van der Waals surface area (Å²) in [7, 11) is 0. The molecule has 1 aromatic carbocycles. The molecule has 0 saturated carbocycles. The predicted octanol–water partition coefficient (Wildman–Crippen LogP) is 3.67. The van der Waals surface area contributed by atoms with Gasteiger partial charge in [-0.25, -0.2) is 0 Å². The average Bonchev–Trinajstić information content (AvgIpc) is 2.55. The first-order chi connectivity index (χ1) is 9.93. The monoisotopic (exact) mass is 260 g/mol. The van der Waals surface area contributed by atoms with E-state index in [0.29, 0.717) is 0 Å². The largest absolute Gasteiger partial charge is 0.284 e. The van der Waals surface area contributed by atoms with E-state index in [-0.39, 0.29) is 0 Å². The molecular formula is C18H16N2. The quantitative estimate of drug-likeness (QED) is 0.768. The first kappa shape index (κ1) is 11.6. The molecule has 2 heterocycles. The first-order valence-electron chi connectivity index (χ1n) is 7.19. The van der Waals surface area contributed by atoms with Crippen LogP contribution in [0.1, 0.15) is 29.5 Å². The number of aromatic nitrogens is 1. The number of rotatable bonds is 1. The highest BCUT2D eigenvalue weighted by Gasteiger charge is 2.26. The molecule has 2 heteroatoms. The number of hydrogen-bond donors (Lipinski definition) is 0. The SMILES string of the molecule is c1ccc(C2=C3CCCN=C3c3cnccc3C2)cc1. The second-order valence-corrected chi connectivity index (χ2v) is 5.37. The van der Waals surface area contributed by atoms with Crippen molar-refractivity contribution < 1.29 is 0 Å². The lowest BCUT2D eigenvalue weighted by Crippen LogP contribution is -2.20. The maximum Gasteiger partial charge on any atom is 0.0700 e. The predicted molar refractivity (Wildman–Crippen MR) is 81.9 cm³/mol. The summed E-state index contributed by atoms with van der Waals surface area (Å²) in [5.74, 6) is 0. The van der Waals surface area contributed by atoms with E-state index >= 15 is 0 Å². The minimum atomic E-state index is 0.940. The third kappa shape index (κ3) is 1.80. The lowest BCUT2D eigenvalue weighted by molar-refractivity contribution is 0.810. The van der Waals surface area contributed by atoms with E-state index in [9.17, 15) is 0 Å². The van der Waals surface area contributed by atoms with Gasteiger partial charge in [0.1, 0.15) is 0 Å². The summed E-state index contributed by atoms with van der Waals surface area (Å²) < 4.78 is 0. The Balaban J connectivity index is 1.93. The molecule has 0 saturated heterocycles. The fraction of sp³-hybridized carbons (Fsp3) is 0.222. The molecule has 98 valence electrons. The number of benzene rings is 1.